The molecule has 158 valence electrons. The van der Waals surface area contributed by atoms with Crippen molar-refractivity contribution in [3.63, 3.8) is 0 Å². The van der Waals surface area contributed by atoms with E-state index >= 15 is 0 Å². The number of Topliss-reactive ketones (excluding diaryl/α,β-unsaturated/α-hetero) is 1. The number of ether oxygens (including phenoxy) is 1. The fourth-order valence-corrected chi connectivity index (χ4v) is 3.69. The second-order valence-electron chi connectivity index (χ2n) is 7.59. The zero-order valence-corrected chi connectivity index (χ0v) is 18.2. The summed E-state index contributed by atoms with van der Waals surface area (Å²) in [6.45, 7) is 1.55. The Morgan fingerprint density at radius 2 is 1.55 bits per heavy atom. The monoisotopic (exact) mass is 414 g/mol. The number of methoxy groups -OCH3 is 1. The fraction of sp³-hybridized carbons (Fsp3) is 0.200. The SMILES string of the molecule is COc1ccc(N2N=C(C(C)=O)N(c3ccccc3)[C@@H]2c2ccc(N(C)C)cc2)cc1. The first-order valence-electron chi connectivity index (χ1n) is 10.1. The fourth-order valence-electron chi connectivity index (χ4n) is 3.69. The lowest BCUT2D eigenvalue weighted by atomic mass is 10.1. The van der Waals surface area contributed by atoms with E-state index in [-0.39, 0.29) is 11.9 Å². The third-order valence-corrected chi connectivity index (χ3v) is 5.30. The molecule has 0 N–H and O–H groups in total. The van der Waals surface area contributed by atoms with Crippen molar-refractivity contribution in [2.24, 2.45) is 5.10 Å². The van der Waals surface area contributed by atoms with Gasteiger partial charge in [0.1, 0.15) is 5.75 Å². The summed E-state index contributed by atoms with van der Waals surface area (Å²) in [7, 11) is 5.67. The van der Waals surface area contributed by atoms with Crippen molar-refractivity contribution in [1.29, 1.82) is 0 Å². The minimum Gasteiger partial charge on any atom is -0.497 e. The van der Waals surface area contributed by atoms with Gasteiger partial charge in [0.05, 0.1) is 12.8 Å². The van der Waals surface area contributed by atoms with E-state index in [1.54, 1.807) is 14.0 Å². The van der Waals surface area contributed by atoms with Gasteiger partial charge in [-0.15, -0.1) is 5.10 Å². The van der Waals surface area contributed by atoms with Crippen LogP contribution in [0.5, 0.6) is 5.75 Å². The number of carbonyl (C=O) groups excluding carboxylic acids is 1. The molecule has 0 spiro atoms. The van der Waals surface area contributed by atoms with Crippen LogP contribution in [0.3, 0.4) is 0 Å². The molecule has 1 aliphatic heterocycles. The van der Waals surface area contributed by atoms with Gasteiger partial charge in [0.2, 0.25) is 0 Å². The molecule has 6 heteroatoms. The lowest BCUT2D eigenvalue weighted by molar-refractivity contribution is -0.111. The van der Waals surface area contributed by atoms with Crippen LogP contribution in [0.4, 0.5) is 17.1 Å². The molecule has 3 aromatic carbocycles. The molecule has 1 heterocycles. The highest BCUT2D eigenvalue weighted by Gasteiger charge is 2.39. The highest BCUT2D eigenvalue weighted by molar-refractivity contribution is 6.44. The summed E-state index contributed by atoms with van der Waals surface area (Å²) >= 11 is 0. The molecule has 31 heavy (non-hydrogen) atoms. The average molecular weight is 415 g/mol. The zero-order chi connectivity index (χ0) is 22.0. The van der Waals surface area contributed by atoms with Gasteiger partial charge < -0.3 is 9.64 Å². The van der Waals surface area contributed by atoms with E-state index in [0.29, 0.717) is 5.84 Å². The van der Waals surface area contributed by atoms with Crippen LogP contribution in [0.25, 0.3) is 0 Å². The van der Waals surface area contributed by atoms with E-state index in [0.717, 1.165) is 28.4 Å². The van der Waals surface area contributed by atoms with E-state index in [4.69, 9.17) is 9.84 Å². The quantitative estimate of drug-likeness (QED) is 0.586. The van der Waals surface area contributed by atoms with Crippen molar-refractivity contribution in [1.82, 2.24) is 0 Å². The van der Waals surface area contributed by atoms with Gasteiger partial charge >= 0.3 is 0 Å². The van der Waals surface area contributed by atoms with Gasteiger partial charge in [-0.05, 0) is 54.1 Å². The lowest BCUT2D eigenvalue weighted by Gasteiger charge is -2.32. The van der Waals surface area contributed by atoms with Crippen molar-refractivity contribution in [3.05, 3.63) is 84.4 Å². The molecule has 0 amide bonds. The van der Waals surface area contributed by atoms with Crippen LogP contribution in [0.2, 0.25) is 0 Å². The van der Waals surface area contributed by atoms with Crippen LogP contribution in [0, 0.1) is 0 Å². The van der Waals surface area contributed by atoms with E-state index in [1.807, 2.05) is 78.6 Å². The number of hydrogen-bond donors (Lipinski definition) is 0. The maximum atomic E-state index is 12.6. The molecule has 1 atom stereocenters. The maximum Gasteiger partial charge on any atom is 0.198 e. The standard InChI is InChI=1S/C25H26N4O2/c1-18(30)24-26-29(22-14-16-23(31-4)17-15-22)25(28(24)21-8-6-5-7-9-21)19-10-12-20(13-11-19)27(2)3/h5-17,25H,1-4H3/t25-/m0/s1. The van der Waals surface area contributed by atoms with Gasteiger partial charge in [-0.1, -0.05) is 30.3 Å². The molecule has 0 aliphatic carbocycles. The zero-order valence-electron chi connectivity index (χ0n) is 18.2. The Balaban J connectivity index is 1.85. The molecule has 3 aromatic rings. The number of anilines is 3. The first-order valence-corrected chi connectivity index (χ1v) is 10.1. The number of carbonyl (C=O) groups is 1. The van der Waals surface area contributed by atoms with E-state index < -0.39 is 0 Å². The van der Waals surface area contributed by atoms with Crippen LogP contribution in [0.1, 0.15) is 18.7 Å². The topological polar surface area (TPSA) is 48.4 Å². The Hall–Kier alpha value is -3.80. The molecule has 0 radical (unpaired) electrons. The molecule has 4 rings (SSSR count). The highest BCUT2D eigenvalue weighted by atomic mass is 16.5. The van der Waals surface area contributed by atoms with Crippen LogP contribution in [-0.4, -0.2) is 32.8 Å². The molecule has 0 bridgehead atoms. The van der Waals surface area contributed by atoms with Crippen LogP contribution in [0.15, 0.2) is 84.0 Å². The maximum absolute atomic E-state index is 12.6. The van der Waals surface area contributed by atoms with Gasteiger partial charge in [-0.2, -0.15) is 0 Å². The summed E-state index contributed by atoms with van der Waals surface area (Å²) in [6, 6.07) is 25.9. The van der Waals surface area contributed by atoms with Crippen molar-refractivity contribution < 1.29 is 9.53 Å². The largest absolute Gasteiger partial charge is 0.497 e. The van der Waals surface area contributed by atoms with Crippen molar-refractivity contribution in [2.45, 2.75) is 13.1 Å². The lowest BCUT2D eigenvalue weighted by Crippen LogP contribution is -2.37. The molecule has 0 saturated carbocycles. The number of hydrogen-bond acceptors (Lipinski definition) is 6. The third-order valence-electron chi connectivity index (χ3n) is 5.30. The molecule has 0 unspecified atom stereocenters. The Kier molecular flexibility index (Phi) is 5.62. The predicted molar refractivity (Wildman–Crippen MR) is 126 cm³/mol. The van der Waals surface area contributed by atoms with E-state index in [2.05, 4.69) is 29.2 Å². The number of para-hydroxylation sites is 1. The number of hydrazone groups is 1. The van der Waals surface area contributed by atoms with Crippen molar-refractivity contribution >= 4 is 28.7 Å². The summed E-state index contributed by atoms with van der Waals surface area (Å²) in [5.74, 6) is 1.09. The normalized spacial score (nSPS) is 15.6. The highest BCUT2D eigenvalue weighted by Crippen LogP contribution is 2.39. The van der Waals surface area contributed by atoms with Crippen LogP contribution >= 0.6 is 0 Å². The van der Waals surface area contributed by atoms with Gasteiger partial charge in [-0.25, -0.2) is 5.01 Å². The molecule has 0 aromatic heterocycles. The Labute approximate surface area is 183 Å². The second kappa shape index (κ2) is 8.52. The summed E-state index contributed by atoms with van der Waals surface area (Å²) in [5.41, 5.74) is 3.93. The minimum atomic E-state index is -0.300. The summed E-state index contributed by atoms with van der Waals surface area (Å²) in [6.07, 6.45) is -0.300. The molecule has 0 fully saturated rings. The van der Waals surface area contributed by atoms with Crippen molar-refractivity contribution in [2.75, 3.05) is 36.0 Å². The summed E-state index contributed by atoms with van der Waals surface area (Å²) < 4.78 is 5.31. The first-order chi connectivity index (χ1) is 15.0. The molecule has 0 saturated heterocycles. The average Bonchev–Trinajstić information content (AvgIpc) is 3.21. The van der Waals surface area contributed by atoms with E-state index in [1.165, 1.54) is 0 Å². The molecule has 6 nitrogen and oxygen atoms in total. The molecular formula is C25H26N4O2. The Morgan fingerprint density at radius 1 is 0.903 bits per heavy atom. The minimum absolute atomic E-state index is 0.0882. The number of ketones is 1. The predicted octanol–water partition coefficient (Wildman–Crippen LogP) is 4.69. The summed E-state index contributed by atoms with van der Waals surface area (Å²) in [4.78, 5) is 16.7. The molecule has 1 aliphatic rings. The smallest absolute Gasteiger partial charge is 0.198 e. The Bertz CT molecular complexity index is 1080. The van der Waals surface area contributed by atoms with Gasteiger partial charge in [0, 0.05) is 32.4 Å². The molecular weight excluding hydrogens is 388 g/mol. The third kappa shape index (κ3) is 3.97. The number of amidine groups is 1. The first kappa shape index (κ1) is 20.5. The second-order valence-corrected chi connectivity index (χ2v) is 7.59. The summed E-state index contributed by atoms with van der Waals surface area (Å²) in [5, 5.41) is 6.66. The van der Waals surface area contributed by atoms with E-state index in [9.17, 15) is 4.79 Å². The number of benzene rings is 3. The van der Waals surface area contributed by atoms with Gasteiger partial charge in [0.25, 0.3) is 0 Å². The Morgan fingerprint density at radius 3 is 2.10 bits per heavy atom. The van der Waals surface area contributed by atoms with Crippen LogP contribution in [-0.2, 0) is 4.79 Å². The van der Waals surface area contributed by atoms with Gasteiger partial charge in [-0.3, -0.25) is 9.69 Å². The number of nitrogens with zero attached hydrogens (tertiary/aromatic N) is 4. The van der Waals surface area contributed by atoms with Crippen molar-refractivity contribution in [3.8, 4) is 5.75 Å². The van der Waals surface area contributed by atoms with Crippen LogP contribution < -0.4 is 19.5 Å². The van der Waals surface area contributed by atoms with Gasteiger partial charge in [0.15, 0.2) is 17.8 Å². The number of rotatable bonds is 6.